The van der Waals surface area contributed by atoms with E-state index in [1.807, 2.05) is 6.07 Å². The van der Waals surface area contributed by atoms with E-state index in [-0.39, 0.29) is 18.6 Å². The first kappa shape index (κ1) is 13.1. The molecule has 2 N–H and O–H groups in total. The molecule has 1 saturated carbocycles. The van der Waals surface area contributed by atoms with Gasteiger partial charge in [-0.2, -0.15) is 0 Å². The van der Waals surface area contributed by atoms with Crippen molar-refractivity contribution in [3.8, 4) is 0 Å². The third-order valence-electron chi connectivity index (χ3n) is 3.53. The zero-order chi connectivity index (χ0) is 14.3. The Morgan fingerprint density at radius 1 is 1.60 bits per heavy atom. The van der Waals surface area contributed by atoms with E-state index in [2.05, 4.69) is 15.5 Å². The number of rotatable bonds is 4. The van der Waals surface area contributed by atoms with Crippen LogP contribution in [0.25, 0.3) is 11.1 Å². The molecule has 0 aromatic carbocycles. The lowest BCUT2D eigenvalue weighted by atomic mass is 10.1. The Morgan fingerprint density at radius 3 is 3.00 bits per heavy atom. The molecule has 1 unspecified atom stereocenters. The molecule has 1 fully saturated rings. The van der Waals surface area contributed by atoms with Gasteiger partial charge in [-0.1, -0.05) is 5.16 Å². The van der Waals surface area contributed by atoms with Gasteiger partial charge in [0.1, 0.15) is 0 Å². The van der Waals surface area contributed by atoms with Crippen LogP contribution >= 0.6 is 0 Å². The van der Waals surface area contributed by atoms with Gasteiger partial charge >= 0.3 is 0 Å². The first-order chi connectivity index (χ1) is 9.60. The highest BCUT2D eigenvalue weighted by molar-refractivity contribution is 6.06. The van der Waals surface area contributed by atoms with E-state index in [0.29, 0.717) is 28.3 Å². The minimum atomic E-state index is -0.296. The van der Waals surface area contributed by atoms with Crippen molar-refractivity contribution in [1.29, 1.82) is 0 Å². The number of aromatic nitrogens is 2. The van der Waals surface area contributed by atoms with E-state index in [9.17, 15) is 4.79 Å². The molecule has 2 aromatic rings. The molecule has 0 bridgehead atoms. The van der Waals surface area contributed by atoms with Crippen LogP contribution in [-0.4, -0.2) is 33.8 Å². The molecule has 1 amide bonds. The molecular formula is C14H17N3O3. The fraction of sp³-hybridized carbons (Fsp3) is 0.500. The molecule has 6 heteroatoms. The number of aliphatic hydroxyl groups is 1. The number of fused-ring (bicyclic) bond motifs is 1. The molecule has 20 heavy (non-hydrogen) atoms. The van der Waals surface area contributed by atoms with Gasteiger partial charge in [-0.3, -0.25) is 4.79 Å². The third-order valence-corrected chi connectivity index (χ3v) is 3.53. The Morgan fingerprint density at radius 2 is 2.35 bits per heavy atom. The van der Waals surface area contributed by atoms with Gasteiger partial charge in [-0.15, -0.1) is 0 Å². The molecule has 1 atom stereocenters. The van der Waals surface area contributed by atoms with Gasteiger partial charge in [-0.05, 0) is 32.8 Å². The average Bonchev–Trinajstić information content (AvgIpc) is 3.22. The van der Waals surface area contributed by atoms with Gasteiger partial charge in [-0.25, -0.2) is 4.98 Å². The molecule has 0 saturated heterocycles. The van der Waals surface area contributed by atoms with Crippen LogP contribution in [-0.2, 0) is 0 Å². The molecule has 6 nitrogen and oxygen atoms in total. The average molecular weight is 275 g/mol. The number of hydrogen-bond donors (Lipinski definition) is 2. The van der Waals surface area contributed by atoms with E-state index in [1.54, 1.807) is 13.8 Å². The molecule has 0 aliphatic heterocycles. The summed E-state index contributed by atoms with van der Waals surface area (Å²) in [5.41, 5.74) is 2.47. The summed E-state index contributed by atoms with van der Waals surface area (Å²) in [6.07, 6.45) is 2.19. The van der Waals surface area contributed by atoms with Crippen LogP contribution in [0.15, 0.2) is 10.6 Å². The summed E-state index contributed by atoms with van der Waals surface area (Å²) in [5, 5.41) is 16.4. The second-order valence-corrected chi connectivity index (χ2v) is 5.37. The lowest BCUT2D eigenvalue weighted by Crippen LogP contribution is -2.35. The number of carbonyl (C=O) groups is 1. The molecule has 0 spiro atoms. The van der Waals surface area contributed by atoms with Crippen LogP contribution in [0, 0.1) is 6.92 Å². The van der Waals surface area contributed by atoms with Crippen molar-refractivity contribution in [2.75, 3.05) is 6.61 Å². The van der Waals surface area contributed by atoms with E-state index in [1.165, 1.54) is 0 Å². The van der Waals surface area contributed by atoms with Crippen molar-refractivity contribution in [2.24, 2.45) is 0 Å². The molecule has 1 aliphatic rings. The van der Waals surface area contributed by atoms with Gasteiger partial charge in [0.2, 0.25) is 0 Å². The number of nitrogens with one attached hydrogen (secondary N) is 1. The Balaban J connectivity index is 2.06. The number of aryl methyl sites for hydroxylation is 1. The van der Waals surface area contributed by atoms with Crippen LogP contribution in [0.1, 0.15) is 47.4 Å². The predicted molar refractivity (Wildman–Crippen MR) is 72.5 cm³/mol. The van der Waals surface area contributed by atoms with E-state index >= 15 is 0 Å². The highest BCUT2D eigenvalue weighted by atomic mass is 16.5. The van der Waals surface area contributed by atoms with Crippen molar-refractivity contribution < 1.29 is 14.4 Å². The number of nitrogens with zero attached hydrogens (tertiary/aromatic N) is 2. The van der Waals surface area contributed by atoms with Crippen molar-refractivity contribution >= 4 is 17.0 Å². The molecule has 0 radical (unpaired) electrons. The standard InChI is InChI=1S/C14H17N3O3/c1-7(6-18)15-13(19)10-5-11(9-3-4-9)16-14-12(10)8(2)17-20-14/h5,7,9,18H,3-4,6H2,1-2H3,(H,15,19). The highest BCUT2D eigenvalue weighted by Crippen LogP contribution is 2.40. The first-order valence-electron chi connectivity index (χ1n) is 6.78. The summed E-state index contributed by atoms with van der Waals surface area (Å²) in [5.74, 6) is 0.193. The van der Waals surface area contributed by atoms with Crippen LogP contribution in [0.2, 0.25) is 0 Å². The van der Waals surface area contributed by atoms with Crippen molar-refractivity contribution in [3.63, 3.8) is 0 Å². The SMILES string of the molecule is Cc1noc2nc(C3CC3)cc(C(=O)NC(C)CO)c12. The Bertz CT molecular complexity index is 661. The predicted octanol–water partition coefficient (Wildman–Crippen LogP) is 1.52. The number of aliphatic hydroxyl groups excluding tert-OH is 1. The topological polar surface area (TPSA) is 88.2 Å². The third kappa shape index (κ3) is 2.27. The van der Waals surface area contributed by atoms with E-state index in [4.69, 9.17) is 9.63 Å². The van der Waals surface area contributed by atoms with Gasteiger partial charge in [0, 0.05) is 17.7 Å². The zero-order valence-electron chi connectivity index (χ0n) is 11.5. The summed E-state index contributed by atoms with van der Waals surface area (Å²) < 4.78 is 5.20. The highest BCUT2D eigenvalue weighted by Gasteiger charge is 2.28. The Kier molecular flexibility index (Phi) is 3.17. The summed E-state index contributed by atoms with van der Waals surface area (Å²) >= 11 is 0. The molecule has 2 aromatic heterocycles. The van der Waals surface area contributed by atoms with Crippen molar-refractivity contribution in [2.45, 2.75) is 38.6 Å². The van der Waals surface area contributed by atoms with Crippen LogP contribution in [0.4, 0.5) is 0 Å². The maximum atomic E-state index is 12.4. The maximum absolute atomic E-state index is 12.4. The van der Waals surface area contributed by atoms with E-state index in [0.717, 1.165) is 18.5 Å². The fourth-order valence-corrected chi connectivity index (χ4v) is 2.23. The normalized spacial score (nSPS) is 16.4. The molecule has 2 heterocycles. The van der Waals surface area contributed by atoms with Gasteiger partial charge in [0.05, 0.1) is 23.3 Å². The Labute approximate surface area is 116 Å². The largest absolute Gasteiger partial charge is 0.394 e. The fourth-order valence-electron chi connectivity index (χ4n) is 2.23. The van der Waals surface area contributed by atoms with Gasteiger partial charge < -0.3 is 14.9 Å². The van der Waals surface area contributed by atoms with Gasteiger partial charge in [0.25, 0.3) is 11.6 Å². The maximum Gasteiger partial charge on any atom is 0.259 e. The monoisotopic (exact) mass is 275 g/mol. The number of amides is 1. The smallest absolute Gasteiger partial charge is 0.259 e. The molecule has 1 aliphatic carbocycles. The van der Waals surface area contributed by atoms with Crippen LogP contribution in [0.3, 0.4) is 0 Å². The van der Waals surface area contributed by atoms with Crippen molar-refractivity contribution in [1.82, 2.24) is 15.5 Å². The number of carbonyl (C=O) groups excluding carboxylic acids is 1. The summed E-state index contributed by atoms with van der Waals surface area (Å²) in [7, 11) is 0. The lowest BCUT2D eigenvalue weighted by molar-refractivity contribution is 0.0923. The second-order valence-electron chi connectivity index (χ2n) is 5.37. The Hall–Kier alpha value is -1.95. The lowest BCUT2D eigenvalue weighted by Gasteiger charge is -2.12. The number of pyridine rings is 1. The van der Waals surface area contributed by atoms with Crippen molar-refractivity contribution in [3.05, 3.63) is 23.0 Å². The number of hydrogen-bond acceptors (Lipinski definition) is 5. The van der Waals surface area contributed by atoms with Crippen LogP contribution in [0.5, 0.6) is 0 Å². The minimum Gasteiger partial charge on any atom is -0.394 e. The van der Waals surface area contributed by atoms with E-state index < -0.39 is 0 Å². The summed E-state index contributed by atoms with van der Waals surface area (Å²) in [6, 6.07) is 1.53. The second kappa shape index (κ2) is 4.86. The minimum absolute atomic E-state index is 0.0991. The summed E-state index contributed by atoms with van der Waals surface area (Å²) in [6.45, 7) is 3.44. The van der Waals surface area contributed by atoms with Crippen LogP contribution < -0.4 is 5.32 Å². The first-order valence-corrected chi connectivity index (χ1v) is 6.78. The zero-order valence-corrected chi connectivity index (χ0v) is 11.5. The summed E-state index contributed by atoms with van der Waals surface area (Å²) in [4.78, 5) is 16.8. The molecule has 106 valence electrons. The van der Waals surface area contributed by atoms with Gasteiger partial charge in [0.15, 0.2) is 0 Å². The molecule has 3 rings (SSSR count). The quantitative estimate of drug-likeness (QED) is 0.883. The molecular weight excluding hydrogens is 258 g/mol.